The summed E-state index contributed by atoms with van der Waals surface area (Å²) in [6.45, 7) is 2.77. The molecule has 1 aromatic rings. The zero-order chi connectivity index (χ0) is 18.1. The van der Waals surface area contributed by atoms with Gasteiger partial charge in [0.25, 0.3) is 5.91 Å². The van der Waals surface area contributed by atoms with Gasteiger partial charge in [0.2, 0.25) is 0 Å². The van der Waals surface area contributed by atoms with Crippen molar-refractivity contribution in [3.05, 3.63) is 34.9 Å². The lowest BCUT2D eigenvalue weighted by Gasteiger charge is -2.34. The lowest BCUT2D eigenvalue weighted by Crippen LogP contribution is -2.41. The van der Waals surface area contributed by atoms with Crippen LogP contribution in [0.15, 0.2) is 18.2 Å². The number of aliphatic carboxylic acids is 1. The Morgan fingerprint density at radius 3 is 2.62 bits per heavy atom. The second kappa shape index (κ2) is 7.37. The van der Waals surface area contributed by atoms with Crippen molar-refractivity contribution in [2.75, 3.05) is 19.7 Å². The third-order valence-corrected chi connectivity index (χ3v) is 5.91. The molecule has 0 radical (unpaired) electrons. The van der Waals surface area contributed by atoms with Gasteiger partial charge in [0, 0.05) is 18.7 Å². The number of nitrogens with zero attached hydrogens (tertiary/aromatic N) is 1. The molecule has 0 bridgehead atoms. The largest absolute Gasteiger partial charge is 0.479 e. The van der Waals surface area contributed by atoms with Gasteiger partial charge in [-0.1, -0.05) is 6.07 Å². The fourth-order valence-corrected chi connectivity index (χ4v) is 4.34. The van der Waals surface area contributed by atoms with Crippen molar-refractivity contribution in [1.82, 2.24) is 4.90 Å². The molecule has 0 unspecified atom stereocenters. The molecular weight excluding hydrogens is 334 g/mol. The van der Waals surface area contributed by atoms with Crippen LogP contribution in [0.1, 0.15) is 47.2 Å². The van der Waals surface area contributed by atoms with E-state index in [0.717, 1.165) is 37.9 Å². The Kier molecular flexibility index (Phi) is 4.96. The van der Waals surface area contributed by atoms with E-state index in [1.165, 1.54) is 11.1 Å². The third-order valence-electron chi connectivity index (χ3n) is 5.91. The second-order valence-corrected chi connectivity index (χ2v) is 7.49. The van der Waals surface area contributed by atoms with Gasteiger partial charge in [-0.05, 0) is 61.3 Å². The molecule has 1 N–H and O–H groups in total. The molecule has 3 heterocycles. The average molecular weight is 359 g/mol. The van der Waals surface area contributed by atoms with Crippen molar-refractivity contribution in [2.24, 2.45) is 5.92 Å². The highest BCUT2D eigenvalue weighted by molar-refractivity contribution is 5.94. The quantitative estimate of drug-likeness (QED) is 0.896. The highest BCUT2D eigenvalue weighted by Crippen LogP contribution is 2.32. The van der Waals surface area contributed by atoms with Gasteiger partial charge in [-0.3, -0.25) is 4.79 Å². The summed E-state index contributed by atoms with van der Waals surface area (Å²) in [5, 5.41) is 9.07. The molecule has 3 aliphatic heterocycles. The van der Waals surface area contributed by atoms with Crippen LogP contribution < -0.4 is 0 Å². The summed E-state index contributed by atoms with van der Waals surface area (Å²) in [7, 11) is 0. The van der Waals surface area contributed by atoms with Gasteiger partial charge in [0.05, 0.1) is 19.3 Å². The van der Waals surface area contributed by atoms with Crippen LogP contribution in [-0.2, 0) is 27.3 Å². The van der Waals surface area contributed by atoms with Crippen LogP contribution in [0.25, 0.3) is 0 Å². The van der Waals surface area contributed by atoms with Gasteiger partial charge < -0.3 is 19.5 Å². The number of fused-ring (bicyclic) bond motifs is 1. The summed E-state index contributed by atoms with van der Waals surface area (Å²) in [5.74, 6) is -0.421. The smallest absolute Gasteiger partial charge is 0.332 e. The van der Waals surface area contributed by atoms with Crippen molar-refractivity contribution >= 4 is 11.9 Å². The summed E-state index contributed by atoms with van der Waals surface area (Å²) in [6, 6.07) is 5.93. The Balaban J connectivity index is 1.34. The number of ether oxygens (including phenoxy) is 2. The molecule has 0 aliphatic carbocycles. The Morgan fingerprint density at radius 2 is 1.88 bits per heavy atom. The number of rotatable bonds is 3. The van der Waals surface area contributed by atoms with Crippen LogP contribution >= 0.6 is 0 Å². The zero-order valence-electron chi connectivity index (χ0n) is 14.9. The first-order valence-corrected chi connectivity index (χ1v) is 9.49. The lowest BCUT2D eigenvalue weighted by atomic mass is 9.89. The topological polar surface area (TPSA) is 76.1 Å². The number of carboxylic acids is 1. The monoisotopic (exact) mass is 359 g/mol. The molecule has 140 valence electrons. The highest BCUT2D eigenvalue weighted by atomic mass is 16.5. The van der Waals surface area contributed by atoms with E-state index in [1.54, 1.807) is 0 Å². The van der Waals surface area contributed by atoms with E-state index in [2.05, 4.69) is 0 Å². The molecule has 4 rings (SSSR count). The van der Waals surface area contributed by atoms with E-state index in [-0.39, 0.29) is 12.0 Å². The zero-order valence-corrected chi connectivity index (χ0v) is 14.9. The molecule has 26 heavy (non-hydrogen) atoms. The van der Waals surface area contributed by atoms with Gasteiger partial charge in [0.15, 0.2) is 6.10 Å². The molecule has 1 amide bonds. The van der Waals surface area contributed by atoms with Gasteiger partial charge in [0.1, 0.15) is 0 Å². The Hall–Kier alpha value is -1.92. The maximum absolute atomic E-state index is 12.8. The number of carboxylic acid groups (broad SMARTS) is 1. The standard InChI is InChI=1S/C20H25NO5/c22-19(15-1-2-16-12-25-10-7-14(16)11-15)21-8-5-13(6-9-21)17-3-4-18(26-17)20(23)24/h1-2,11,13,17-18H,3-10,12H2,(H,23,24)/t17-,18+/m0/s1. The molecule has 0 spiro atoms. The lowest BCUT2D eigenvalue weighted by molar-refractivity contribution is -0.150. The average Bonchev–Trinajstić information content (AvgIpc) is 3.18. The summed E-state index contributed by atoms with van der Waals surface area (Å²) >= 11 is 0. The minimum Gasteiger partial charge on any atom is -0.479 e. The summed E-state index contributed by atoms with van der Waals surface area (Å²) in [5.41, 5.74) is 3.15. The van der Waals surface area contributed by atoms with E-state index in [1.807, 2.05) is 23.1 Å². The fourth-order valence-electron chi connectivity index (χ4n) is 4.34. The van der Waals surface area contributed by atoms with E-state index < -0.39 is 12.1 Å². The van der Waals surface area contributed by atoms with Crippen molar-refractivity contribution < 1.29 is 24.2 Å². The second-order valence-electron chi connectivity index (χ2n) is 7.49. The minimum absolute atomic E-state index is 0.0251. The number of amides is 1. The summed E-state index contributed by atoms with van der Waals surface area (Å²) in [4.78, 5) is 25.8. The van der Waals surface area contributed by atoms with Crippen molar-refractivity contribution in [3.8, 4) is 0 Å². The van der Waals surface area contributed by atoms with E-state index in [0.29, 0.717) is 32.0 Å². The molecule has 0 aromatic heterocycles. The third kappa shape index (κ3) is 3.48. The van der Waals surface area contributed by atoms with Crippen molar-refractivity contribution in [2.45, 2.75) is 50.9 Å². The number of piperidine rings is 1. The molecule has 6 nitrogen and oxygen atoms in total. The van der Waals surface area contributed by atoms with Crippen LogP contribution in [-0.4, -0.2) is 53.8 Å². The summed E-state index contributed by atoms with van der Waals surface area (Å²) < 4.78 is 11.1. The van der Waals surface area contributed by atoms with Gasteiger partial charge in [-0.2, -0.15) is 0 Å². The molecule has 2 saturated heterocycles. The number of carbonyl (C=O) groups excluding carboxylic acids is 1. The SMILES string of the molecule is O=C(O)[C@H]1CC[C@@H](C2CCN(C(=O)c3ccc4c(c3)CCOC4)CC2)O1. The summed E-state index contributed by atoms with van der Waals surface area (Å²) in [6.07, 6.45) is 3.39. The molecule has 2 fully saturated rings. The van der Waals surface area contributed by atoms with Crippen molar-refractivity contribution in [3.63, 3.8) is 0 Å². The number of hydrogen-bond donors (Lipinski definition) is 1. The molecule has 3 aliphatic rings. The minimum atomic E-state index is -0.863. The fraction of sp³-hybridized carbons (Fsp3) is 0.600. The van der Waals surface area contributed by atoms with Crippen LogP contribution in [0.4, 0.5) is 0 Å². The molecule has 6 heteroatoms. The van der Waals surface area contributed by atoms with E-state index in [4.69, 9.17) is 14.6 Å². The first-order valence-electron chi connectivity index (χ1n) is 9.49. The predicted molar refractivity (Wildman–Crippen MR) is 94.0 cm³/mol. The van der Waals surface area contributed by atoms with Crippen LogP contribution in [0, 0.1) is 5.92 Å². The number of carbonyl (C=O) groups is 2. The van der Waals surface area contributed by atoms with Crippen molar-refractivity contribution in [1.29, 1.82) is 0 Å². The Morgan fingerprint density at radius 1 is 1.08 bits per heavy atom. The van der Waals surface area contributed by atoms with Crippen LogP contribution in [0.2, 0.25) is 0 Å². The normalized spacial score (nSPS) is 26.5. The van der Waals surface area contributed by atoms with Gasteiger partial charge in [-0.15, -0.1) is 0 Å². The number of likely N-dealkylation sites (tertiary alicyclic amines) is 1. The van der Waals surface area contributed by atoms with Crippen LogP contribution in [0.5, 0.6) is 0 Å². The number of benzene rings is 1. The highest BCUT2D eigenvalue weighted by Gasteiger charge is 2.37. The molecule has 2 atom stereocenters. The Bertz CT molecular complexity index is 695. The molecular formula is C20H25NO5. The molecule has 0 saturated carbocycles. The first-order chi connectivity index (χ1) is 12.6. The molecule has 1 aromatic carbocycles. The van der Waals surface area contributed by atoms with E-state index in [9.17, 15) is 9.59 Å². The first kappa shape index (κ1) is 17.5. The van der Waals surface area contributed by atoms with E-state index >= 15 is 0 Å². The maximum atomic E-state index is 12.8. The predicted octanol–water partition coefficient (Wildman–Crippen LogP) is 2.24. The number of hydrogen-bond acceptors (Lipinski definition) is 4. The van der Waals surface area contributed by atoms with Crippen LogP contribution in [0.3, 0.4) is 0 Å². The Labute approximate surface area is 153 Å². The maximum Gasteiger partial charge on any atom is 0.332 e. The van der Waals surface area contributed by atoms with Gasteiger partial charge >= 0.3 is 5.97 Å². The van der Waals surface area contributed by atoms with Gasteiger partial charge in [-0.25, -0.2) is 4.79 Å².